The molecule has 0 saturated heterocycles. The summed E-state index contributed by atoms with van der Waals surface area (Å²) in [7, 11) is 0. The summed E-state index contributed by atoms with van der Waals surface area (Å²) in [5.41, 5.74) is 0.971. The minimum Gasteiger partial charge on any atom is -0.355 e. The van der Waals surface area contributed by atoms with Crippen LogP contribution in [0.4, 0.5) is 0 Å². The van der Waals surface area contributed by atoms with Crippen LogP contribution in [0, 0.1) is 6.92 Å². The van der Waals surface area contributed by atoms with Gasteiger partial charge in [0.25, 0.3) is 5.56 Å². The predicted molar refractivity (Wildman–Crippen MR) is 76.1 cm³/mol. The third-order valence-corrected chi connectivity index (χ3v) is 3.46. The van der Waals surface area contributed by atoms with E-state index in [0.29, 0.717) is 18.8 Å². The normalized spacial score (nSPS) is 10.3. The number of pyridine rings is 1. The first kappa shape index (κ1) is 14.8. The van der Waals surface area contributed by atoms with Crippen LogP contribution in [0.15, 0.2) is 23.0 Å². The zero-order valence-corrected chi connectivity index (χ0v) is 11.8. The van der Waals surface area contributed by atoms with E-state index in [0.717, 1.165) is 17.9 Å². The van der Waals surface area contributed by atoms with E-state index in [2.05, 4.69) is 5.32 Å². The largest absolute Gasteiger partial charge is 0.355 e. The van der Waals surface area contributed by atoms with Crippen LogP contribution in [0.25, 0.3) is 0 Å². The molecule has 0 radical (unpaired) electrons. The highest BCUT2D eigenvalue weighted by Crippen LogP contribution is 1.97. The molecule has 0 atom stereocenters. The Hall–Kier alpha value is -1.23. The van der Waals surface area contributed by atoms with E-state index in [-0.39, 0.29) is 11.5 Å². The number of aromatic nitrogens is 1. The van der Waals surface area contributed by atoms with Gasteiger partial charge in [-0.25, -0.2) is 0 Å². The fourth-order valence-electron chi connectivity index (χ4n) is 1.62. The smallest absolute Gasteiger partial charge is 0.250 e. The Morgan fingerprint density at radius 2 is 2.22 bits per heavy atom. The van der Waals surface area contributed by atoms with E-state index in [1.165, 1.54) is 0 Å². The molecule has 0 aliphatic heterocycles. The van der Waals surface area contributed by atoms with Crippen LogP contribution in [0.2, 0.25) is 0 Å². The molecule has 1 N–H and O–H groups in total. The van der Waals surface area contributed by atoms with Gasteiger partial charge >= 0.3 is 0 Å². The molecular formula is C13H20N2O2S. The minimum atomic E-state index is 0.0165. The maximum absolute atomic E-state index is 11.6. The molecule has 1 amide bonds. The number of carbonyl (C=O) groups excluding carboxylic acids is 1. The number of amides is 1. The summed E-state index contributed by atoms with van der Waals surface area (Å²) in [6.07, 6.45) is 0.771. The number of hydrogen-bond acceptors (Lipinski definition) is 3. The van der Waals surface area contributed by atoms with Crippen LogP contribution in [0.3, 0.4) is 0 Å². The second kappa shape index (κ2) is 7.97. The van der Waals surface area contributed by atoms with Gasteiger partial charge in [-0.2, -0.15) is 11.8 Å². The summed E-state index contributed by atoms with van der Waals surface area (Å²) in [5, 5.41) is 2.85. The molecule has 1 aromatic heterocycles. The van der Waals surface area contributed by atoms with Crippen LogP contribution in [0.1, 0.15) is 19.0 Å². The highest BCUT2D eigenvalue weighted by Gasteiger charge is 2.01. The molecule has 1 heterocycles. The molecule has 5 heteroatoms. The lowest BCUT2D eigenvalue weighted by Gasteiger charge is -2.09. The molecule has 0 aliphatic carbocycles. The Morgan fingerprint density at radius 1 is 1.44 bits per heavy atom. The summed E-state index contributed by atoms with van der Waals surface area (Å²) >= 11 is 1.61. The number of carbonyl (C=O) groups is 1. The highest BCUT2D eigenvalue weighted by molar-refractivity contribution is 7.99. The monoisotopic (exact) mass is 268 g/mol. The first-order chi connectivity index (χ1) is 8.65. The van der Waals surface area contributed by atoms with Crippen molar-refractivity contribution in [2.75, 3.05) is 18.1 Å². The second-order valence-corrected chi connectivity index (χ2v) is 5.27. The lowest BCUT2D eigenvalue weighted by Crippen LogP contribution is -2.28. The van der Waals surface area contributed by atoms with Gasteiger partial charge < -0.3 is 9.88 Å². The molecule has 1 rings (SSSR count). The SMILES string of the molecule is CCSCC(=O)NCCCn1c(C)cccc1=O. The molecule has 0 aromatic carbocycles. The van der Waals surface area contributed by atoms with Crippen LogP contribution in [-0.2, 0) is 11.3 Å². The summed E-state index contributed by atoms with van der Waals surface area (Å²) in [6, 6.07) is 5.24. The fourth-order valence-corrected chi connectivity index (χ4v) is 2.11. The van der Waals surface area contributed by atoms with E-state index in [1.807, 2.05) is 19.9 Å². The highest BCUT2D eigenvalue weighted by atomic mass is 32.2. The Labute approximate surface area is 112 Å². The molecule has 0 spiro atoms. The number of nitrogens with one attached hydrogen (secondary N) is 1. The zero-order valence-electron chi connectivity index (χ0n) is 10.9. The van der Waals surface area contributed by atoms with Crippen molar-refractivity contribution in [3.05, 3.63) is 34.2 Å². The van der Waals surface area contributed by atoms with Gasteiger partial charge in [-0.05, 0) is 25.2 Å². The van der Waals surface area contributed by atoms with Gasteiger partial charge in [0.2, 0.25) is 5.91 Å². The average molecular weight is 268 g/mol. The van der Waals surface area contributed by atoms with Crippen LogP contribution >= 0.6 is 11.8 Å². The van der Waals surface area contributed by atoms with Crippen molar-refractivity contribution in [3.8, 4) is 0 Å². The summed E-state index contributed by atoms with van der Waals surface area (Å²) in [6.45, 7) is 5.21. The van der Waals surface area contributed by atoms with E-state index < -0.39 is 0 Å². The molecule has 0 fully saturated rings. The Morgan fingerprint density at radius 3 is 2.89 bits per heavy atom. The van der Waals surface area contributed by atoms with Crippen molar-refractivity contribution in [2.24, 2.45) is 0 Å². The third-order valence-electron chi connectivity index (χ3n) is 2.59. The number of aryl methyl sites for hydroxylation is 1. The third kappa shape index (κ3) is 4.96. The zero-order chi connectivity index (χ0) is 13.4. The number of nitrogens with zero attached hydrogens (tertiary/aromatic N) is 1. The van der Waals surface area contributed by atoms with Crippen LogP contribution < -0.4 is 10.9 Å². The quantitative estimate of drug-likeness (QED) is 0.761. The lowest BCUT2D eigenvalue weighted by atomic mass is 10.3. The van der Waals surface area contributed by atoms with Gasteiger partial charge in [0, 0.05) is 24.8 Å². The van der Waals surface area contributed by atoms with Crippen molar-refractivity contribution in [1.82, 2.24) is 9.88 Å². The van der Waals surface area contributed by atoms with E-state index in [1.54, 1.807) is 28.5 Å². The molecular weight excluding hydrogens is 248 g/mol. The topological polar surface area (TPSA) is 51.1 Å². The van der Waals surface area contributed by atoms with Crippen LogP contribution in [0.5, 0.6) is 0 Å². The van der Waals surface area contributed by atoms with Gasteiger partial charge in [0.15, 0.2) is 0 Å². The number of hydrogen-bond donors (Lipinski definition) is 1. The molecule has 0 bridgehead atoms. The van der Waals surface area contributed by atoms with Crippen molar-refractivity contribution >= 4 is 17.7 Å². The molecule has 4 nitrogen and oxygen atoms in total. The van der Waals surface area contributed by atoms with E-state index >= 15 is 0 Å². The van der Waals surface area contributed by atoms with Crippen molar-refractivity contribution < 1.29 is 4.79 Å². The Balaban J connectivity index is 2.30. The lowest BCUT2D eigenvalue weighted by molar-refractivity contribution is -0.118. The van der Waals surface area contributed by atoms with Gasteiger partial charge in [-0.15, -0.1) is 0 Å². The maximum atomic E-state index is 11.6. The predicted octanol–water partition coefficient (Wildman–Crippen LogP) is 1.42. The molecule has 0 saturated carbocycles. The molecule has 18 heavy (non-hydrogen) atoms. The molecule has 0 unspecified atom stereocenters. The number of thioether (sulfide) groups is 1. The summed E-state index contributed by atoms with van der Waals surface area (Å²) in [4.78, 5) is 22.9. The van der Waals surface area contributed by atoms with E-state index in [9.17, 15) is 9.59 Å². The van der Waals surface area contributed by atoms with Crippen LogP contribution in [-0.4, -0.2) is 28.5 Å². The maximum Gasteiger partial charge on any atom is 0.250 e. The Bertz CT molecular complexity index is 443. The fraction of sp³-hybridized carbons (Fsp3) is 0.538. The van der Waals surface area contributed by atoms with E-state index in [4.69, 9.17) is 0 Å². The minimum absolute atomic E-state index is 0.0165. The van der Waals surface area contributed by atoms with Gasteiger partial charge in [0.1, 0.15) is 0 Å². The van der Waals surface area contributed by atoms with Gasteiger partial charge in [0.05, 0.1) is 5.75 Å². The van der Waals surface area contributed by atoms with Gasteiger partial charge in [-0.1, -0.05) is 13.0 Å². The first-order valence-electron chi connectivity index (χ1n) is 6.16. The molecule has 100 valence electrons. The second-order valence-electron chi connectivity index (χ2n) is 4.00. The number of rotatable bonds is 7. The molecule has 0 aliphatic rings. The summed E-state index contributed by atoms with van der Waals surface area (Å²) in [5.74, 6) is 1.53. The van der Waals surface area contributed by atoms with Crippen molar-refractivity contribution in [1.29, 1.82) is 0 Å². The molecule has 1 aromatic rings. The summed E-state index contributed by atoms with van der Waals surface area (Å²) < 4.78 is 1.73. The Kier molecular flexibility index (Phi) is 6.57. The van der Waals surface area contributed by atoms with Gasteiger partial charge in [-0.3, -0.25) is 9.59 Å². The first-order valence-corrected chi connectivity index (χ1v) is 7.31. The van der Waals surface area contributed by atoms with Crippen molar-refractivity contribution in [3.63, 3.8) is 0 Å². The average Bonchev–Trinajstić information content (AvgIpc) is 2.35. The van der Waals surface area contributed by atoms with Crippen molar-refractivity contribution in [2.45, 2.75) is 26.8 Å². The standard InChI is InChI=1S/C13H20N2O2S/c1-3-18-10-12(16)14-8-5-9-15-11(2)6-4-7-13(15)17/h4,6-7H,3,5,8-10H2,1-2H3,(H,14,16).